The van der Waals surface area contributed by atoms with Crippen molar-refractivity contribution in [3.8, 4) is 5.75 Å². The lowest BCUT2D eigenvalue weighted by atomic mass is 10.1. The zero-order valence-electron chi connectivity index (χ0n) is 12.8. The molecule has 2 aliphatic heterocycles. The molecule has 0 aromatic heterocycles. The maximum Gasteiger partial charge on any atom is 0.282 e. The van der Waals surface area contributed by atoms with Crippen LogP contribution in [-0.2, 0) is 14.9 Å². The molecule has 1 aromatic rings. The lowest BCUT2D eigenvalue weighted by Gasteiger charge is -2.33. The van der Waals surface area contributed by atoms with Gasteiger partial charge in [0, 0.05) is 19.6 Å². The smallest absolute Gasteiger partial charge is 0.282 e. The first-order valence-corrected chi connectivity index (χ1v) is 9.01. The Morgan fingerprint density at radius 1 is 1.23 bits per heavy atom. The molecule has 0 aliphatic carbocycles. The maximum absolute atomic E-state index is 12.9. The van der Waals surface area contributed by atoms with E-state index >= 15 is 0 Å². The van der Waals surface area contributed by atoms with Crippen LogP contribution in [0.5, 0.6) is 5.75 Å². The van der Waals surface area contributed by atoms with Crippen LogP contribution in [0, 0.1) is 0 Å². The molecule has 1 atom stereocenters. The second-order valence-corrected chi connectivity index (χ2v) is 7.45. The van der Waals surface area contributed by atoms with Gasteiger partial charge in [-0.3, -0.25) is 0 Å². The highest BCUT2D eigenvalue weighted by molar-refractivity contribution is 7.86. The van der Waals surface area contributed by atoms with E-state index < -0.39 is 10.2 Å². The van der Waals surface area contributed by atoms with Gasteiger partial charge in [0.1, 0.15) is 5.75 Å². The monoisotopic (exact) mass is 326 g/mol. The normalized spacial score (nSPS) is 24.5. The highest BCUT2D eigenvalue weighted by atomic mass is 32.2. The molecule has 2 fully saturated rings. The number of ether oxygens (including phenoxy) is 2. The molecule has 22 heavy (non-hydrogen) atoms. The molecule has 1 aromatic carbocycles. The van der Waals surface area contributed by atoms with Gasteiger partial charge in [-0.15, -0.1) is 0 Å². The number of morpholine rings is 1. The van der Waals surface area contributed by atoms with E-state index in [1.807, 2.05) is 24.3 Å². The molecule has 0 saturated carbocycles. The number of hydrogen-bond donors (Lipinski definition) is 0. The van der Waals surface area contributed by atoms with Gasteiger partial charge in [0.2, 0.25) is 0 Å². The number of hydrogen-bond acceptors (Lipinski definition) is 4. The fraction of sp³-hybridized carbons (Fsp3) is 0.600. The van der Waals surface area contributed by atoms with Gasteiger partial charge in [-0.05, 0) is 30.5 Å². The Labute approximate surface area is 131 Å². The Kier molecular flexibility index (Phi) is 4.67. The van der Waals surface area contributed by atoms with E-state index in [4.69, 9.17) is 9.47 Å². The van der Waals surface area contributed by atoms with Gasteiger partial charge < -0.3 is 9.47 Å². The van der Waals surface area contributed by atoms with Crippen LogP contribution in [0.4, 0.5) is 0 Å². The fourth-order valence-corrected chi connectivity index (χ4v) is 4.94. The molecule has 2 aliphatic rings. The van der Waals surface area contributed by atoms with Crippen LogP contribution < -0.4 is 4.74 Å². The van der Waals surface area contributed by atoms with Crippen molar-refractivity contribution >= 4 is 10.2 Å². The zero-order valence-corrected chi connectivity index (χ0v) is 13.6. The Bertz CT molecular complexity index is 614. The Morgan fingerprint density at radius 3 is 2.73 bits per heavy atom. The van der Waals surface area contributed by atoms with Crippen molar-refractivity contribution in [3.05, 3.63) is 29.8 Å². The molecule has 0 bridgehead atoms. The summed E-state index contributed by atoms with van der Waals surface area (Å²) in [6, 6.07) is 7.58. The zero-order chi connectivity index (χ0) is 15.6. The highest BCUT2D eigenvalue weighted by Gasteiger charge is 2.39. The van der Waals surface area contributed by atoms with Crippen LogP contribution in [0.15, 0.2) is 24.3 Å². The quantitative estimate of drug-likeness (QED) is 0.839. The van der Waals surface area contributed by atoms with Gasteiger partial charge in [0.25, 0.3) is 10.2 Å². The lowest BCUT2D eigenvalue weighted by Crippen LogP contribution is -2.48. The van der Waals surface area contributed by atoms with E-state index in [1.54, 1.807) is 11.4 Å². The second-order valence-electron chi connectivity index (χ2n) is 5.56. The summed E-state index contributed by atoms with van der Waals surface area (Å²) in [5.41, 5.74) is 0.994. The number of nitrogens with zero attached hydrogens (tertiary/aromatic N) is 2. The topological polar surface area (TPSA) is 59.1 Å². The van der Waals surface area contributed by atoms with Crippen LogP contribution in [0.1, 0.15) is 24.4 Å². The summed E-state index contributed by atoms with van der Waals surface area (Å²) in [6.45, 7) is 2.38. The summed E-state index contributed by atoms with van der Waals surface area (Å²) in [5.74, 6) is 0.758. The third-order valence-corrected chi connectivity index (χ3v) is 6.32. The Balaban J connectivity index is 1.85. The van der Waals surface area contributed by atoms with Gasteiger partial charge in [-0.2, -0.15) is 17.0 Å². The van der Waals surface area contributed by atoms with Crippen LogP contribution in [0.3, 0.4) is 0 Å². The highest BCUT2D eigenvalue weighted by Crippen LogP contribution is 2.36. The van der Waals surface area contributed by atoms with Crippen molar-refractivity contribution in [2.45, 2.75) is 18.9 Å². The standard InChI is InChI=1S/C15H22N2O4S/c1-20-14-5-2-4-13(12-14)15-6-3-7-17(15)22(18,19)16-8-10-21-11-9-16/h2,4-5,12,15H,3,6-11H2,1H3/t15-/m1/s1. The minimum Gasteiger partial charge on any atom is -0.497 e. The van der Waals surface area contributed by atoms with E-state index in [9.17, 15) is 8.42 Å². The third kappa shape index (κ3) is 2.99. The van der Waals surface area contributed by atoms with Gasteiger partial charge in [-0.1, -0.05) is 12.1 Å². The second kappa shape index (κ2) is 6.54. The van der Waals surface area contributed by atoms with E-state index in [-0.39, 0.29) is 6.04 Å². The van der Waals surface area contributed by atoms with Crippen LogP contribution in [0.25, 0.3) is 0 Å². The van der Waals surface area contributed by atoms with Gasteiger partial charge in [0.15, 0.2) is 0 Å². The van der Waals surface area contributed by atoms with Crippen LogP contribution >= 0.6 is 0 Å². The Hall–Kier alpha value is -1.15. The molecular formula is C15H22N2O4S. The minimum atomic E-state index is -3.43. The molecule has 0 N–H and O–H groups in total. The molecular weight excluding hydrogens is 304 g/mol. The number of methoxy groups -OCH3 is 1. The van der Waals surface area contributed by atoms with Crippen molar-refractivity contribution < 1.29 is 17.9 Å². The van der Waals surface area contributed by atoms with Gasteiger partial charge in [0.05, 0.1) is 26.4 Å². The first kappa shape index (κ1) is 15.7. The van der Waals surface area contributed by atoms with Crippen molar-refractivity contribution in [1.29, 1.82) is 0 Å². The molecule has 122 valence electrons. The van der Waals surface area contributed by atoms with E-state index in [0.717, 1.165) is 24.2 Å². The number of rotatable bonds is 4. The third-order valence-electron chi connectivity index (χ3n) is 4.27. The summed E-state index contributed by atoms with van der Waals surface area (Å²) in [4.78, 5) is 0. The molecule has 2 saturated heterocycles. The van der Waals surface area contributed by atoms with Gasteiger partial charge >= 0.3 is 0 Å². The predicted octanol–water partition coefficient (Wildman–Crippen LogP) is 1.41. The van der Waals surface area contributed by atoms with E-state index in [2.05, 4.69) is 0 Å². The summed E-state index contributed by atoms with van der Waals surface area (Å²) in [7, 11) is -1.81. The van der Waals surface area contributed by atoms with Crippen LogP contribution in [-0.4, -0.2) is 57.0 Å². The van der Waals surface area contributed by atoms with Crippen LogP contribution in [0.2, 0.25) is 0 Å². The minimum absolute atomic E-state index is 0.108. The number of benzene rings is 1. The SMILES string of the molecule is COc1cccc([C@H]2CCCN2S(=O)(=O)N2CCOCC2)c1. The first-order valence-electron chi connectivity index (χ1n) is 7.61. The van der Waals surface area contributed by atoms with Crippen molar-refractivity contribution in [3.63, 3.8) is 0 Å². The molecule has 7 heteroatoms. The van der Waals surface area contributed by atoms with Gasteiger partial charge in [-0.25, -0.2) is 0 Å². The van der Waals surface area contributed by atoms with E-state index in [0.29, 0.717) is 32.8 Å². The van der Waals surface area contributed by atoms with Crippen molar-refractivity contribution in [2.24, 2.45) is 0 Å². The lowest BCUT2D eigenvalue weighted by molar-refractivity contribution is 0.0699. The summed E-state index contributed by atoms with van der Waals surface area (Å²) >= 11 is 0. The summed E-state index contributed by atoms with van der Waals surface area (Å²) in [5, 5.41) is 0. The largest absolute Gasteiger partial charge is 0.497 e. The summed E-state index contributed by atoms with van der Waals surface area (Å²) < 4.78 is 39.5. The first-order chi connectivity index (χ1) is 10.6. The molecule has 0 unspecified atom stereocenters. The molecule has 3 rings (SSSR count). The fourth-order valence-electron chi connectivity index (χ4n) is 3.12. The average Bonchev–Trinajstić information content (AvgIpc) is 3.06. The molecule has 2 heterocycles. The maximum atomic E-state index is 12.9. The molecule has 0 radical (unpaired) electrons. The Morgan fingerprint density at radius 2 is 2.00 bits per heavy atom. The van der Waals surface area contributed by atoms with E-state index in [1.165, 1.54) is 4.31 Å². The predicted molar refractivity (Wildman–Crippen MR) is 83.0 cm³/mol. The molecule has 6 nitrogen and oxygen atoms in total. The van der Waals surface area contributed by atoms with Crippen molar-refractivity contribution in [1.82, 2.24) is 8.61 Å². The average molecular weight is 326 g/mol. The summed E-state index contributed by atoms with van der Waals surface area (Å²) in [6.07, 6.45) is 1.72. The molecule has 0 spiro atoms. The molecule has 0 amide bonds. The van der Waals surface area contributed by atoms with Crippen molar-refractivity contribution in [2.75, 3.05) is 40.0 Å².